The molecule has 4 aromatic rings. The number of methoxy groups -OCH3 is 2. The zero-order valence-corrected chi connectivity index (χ0v) is 16.1. The maximum absolute atomic E-state index is 12.5. The van der Waals surface area contributed by atoms with Crippen molar-refractivity contribution in [3.63, 3.8) is 0 Å². The number of H-pyrrole nitrogens is 1. The molecule has 6 nitrogen and oxygen atoms in total. The number of anilines is 1. The number of hydrogen-bond donors (Lipinski definition) is 2. The van der Waals surface area contributed by atoms with E-state index in [1.54, 1.807) is 31.4 Å². The van der Waals surface area contributed by atoms with Crippen LogP contribution in [0.2, 0.25) is 0 Å². The molecule has 0 spiro atoms. The zero-order chi connectivity index (χ0) is 20.4. The Morgan fingerprint density at radius 2 is 1.69 bits per heavy atom. The van der Waals surface area contributed by atoms with Gasteiger partial charge in [0.25, 0.3) is 0 Å². The first-order chi connectivity index (χ1) is 14.1. The Morgan fingerprint density at radius 3 is 2.45 bits per heavy atom. The maximum Gasteiger partial charge on any atom is 0.337 e. The van der Waals surface area contributed by atoms with Crippen LogP contribution >= 0.6 is 0 Å². The third-order valence-corrected chi connectivity index (χ3v) is 4.80. The van der Waals surface area contributed by atoms with Gasteiger partial charge in [0, 0.05) is 28.0 Å². The van der Waals surface area contributed by atoms with Crippen molar-refractivity contribution in [2.45, 2.75) is 6.42 Å². The molecule has 3 aromatic carbocycles. The second-order valence-corrected chi connectivity index (χ2v) is 6.71. The average Bonchev–Trinajstić information content (AvgIpc) is 3.09. The molecule has 2 N–H and O–H groups in total. The molecule has 0 bridgehead atoms. The van der Waals surface area contributed by atoms with E-state index >= 15 is 0 Å². The van der Waals surface area contributed by atoms with Crippen molar-refractivity contribution in [3.05, 3.63) is 71.8 Å². The smallest absolute Gasteiger partial charge is 0.337 e. The van der Waals surface area contributed by atoms with Crippen LogP contribution < -0.4 is 10.1 Å². The van der Waals surface area contributed by atoms with Gasteiger partial charge in [-0.15, -0.1) is 0 Å². The van der Waals surface area contributed by atoms with Crippen LogP contribution in [-0.4, -0.2) is 31.1 Å². The van der Waals surface area contributed by atoms with Crippen molar-refractivity contribution in [1.29, 1.82) is 0 Å². The maximum atomic E-state index is 12.5. The Morgan fingerprint density at radius 1 is 0.931 bits per heavy atom. The number of carbonyl (C=O) groups is 2. The molecule has 1 amide bonds. The molecular formula is C23H20N2O4. The molecule has 29 heavy (non-hydrogen) atoms. The van der Waals surface area contributed by atoms with Gasteiger partial charge in [-0.25, -0.2) is 4.79 Å². The van der Waals surface area contributed by atoms with Crippen LogP contribution in [0.5, 0.6) is 5.75 Å². The van der Waals surface area contributed by atoms with Crippen molar-refractivity contribution in [2.24, 2.45) is 0 Å². The molecule has 0 saturated carbocycles. The van der Waals surface area contributed by atoms with Gasteiger partial charge in [-0.3, -0.25) is 4.79 Å². The lowest BCUT2D eigenvalue weighted by Crippen LogP contribution is -2.14. The first kappa shape index (κ1) is 18.6. The molecule has 6 heteroatoms. The summed E-state index contributed by atoms with van der Waals surface area (Å²) in [6.45, 7) is 0. The summed E-state index contributed by atoms with van der Waals surface area (Å²) in [5, 5.41) is 5.03. The number of rotatable bonds is 5. The number of esters is 1. The predicted octanol–water partition coefficient (Wildman–Crippen LogP) is 4.30. The van der Waals surface area contributed by atoms with E-state index < -0.39 is 5.97 Å². The quantitative estimate of drug-likeness (QED) is 0.500. The standard InChI is InChI=1S/C23H20N2O4/c1-28-17-7-9-19-18-8-6-14(10-20(18)25-21(19)13-17)11-22(26)24-16-5-3-4-15(12-16)23(27)29-2/h3-10,12-13,25H,11H2,1-2H3,(H,24,26). The van der Waals surface area contributed by atoms with Crippen molar-refractivity contribution in [1.82, 2.24) is 4.98 Å². The van der Waals surface area contributed by atoms with E-state index in [1.807, 2.05) is 36.4 Å². The minimum Gasteiger partial charge on any atom is -0.497 e. The number of nitrogens with one attached hydrogen (secondary N) is 2. The molecule has 0 aliphatic carbocycles. The lowest BCUT2D eigenvalue weighted by molar-refractivity contribution is -0.115. The van der Waals surface area contributed by atoms with Crippen LogP contribution in [-0.2, 0) is 16.0 Å². The second kappa shape index (κ2) is 7.67. The lowest BCUT2D eigenvalue weighted by Gasteiger charge is -2.07. The van der Waals surface area contributed by atoms with Crippen molar-refractivity contribution in [2.75, 3.05) is 19.5 Å². The normalized spacial score (nSPS) is 10.8. The first-order valence-corrected chi connectivity index (χ1v) is 9.14. The fraction of sp³-hybridized carbons (Fsp3) is 0.130. The topological polar surface area (TPSA) is 80.4 Å². The fourth-order valence-electron chi connectivity index (χ4n) is 3.41. The molecule has 0 fully saturated rings. The van der Waals surface area contributed by atoms with Gasteiger partial charge in [0.2, 0.25) is 5.91 Å². The predicted molar refractivity (Wildman–Crippen MR) is 112 cm³/mol. The number of hydrogen-bond acceptors (Lipinski definition) is 4. The molecule has 0 saturated heterocycles. The Bertz CT molecular complexity index is 1230. The number of amides is 1. The Labute approximate surface area is 167 Å². The molecule has 0 radical (unpaired) electrons. The van der Waals surface area contributed by atoms with Crippen LogP contribution in [0.3, 0.4) is 0 Å². The number of fused-ring (bicyclic) bond motifs is 3. The van der Waals surface area contributed by atoms with Gasteiger partial charge in [-0.05, 0) is 42.0 Å². The van der Waals surface area contributed by atoms with Crippen molar-refractivity contribution in [3.8, 4) is 5.75 Å². The molecule has 0 atom stereocenters. The minimum atomic E-state index is -0.443. The van der Waals surface area contributed by atoms with Gasteiger partial charge >= 0.3 is 5.97 Å². The number of aromatic nitrogens is 1. The SMILES string of the molecule is COC(=O)c1cccc(NC(=O)Cc2ccc3c(c2)[nH]c2cc(OC)ccc23)c1. The minimum absolute atomic E-state index is 0.163. The summed E-state index contributed by atoms with van der Waals surface area (Å²) >= 11 is 0. The molecule has 0 aliphatic rings. The van der Waals surface area contributed by atoms with Crippen molar-refractivity contribution >= 4 is 39.4 Å². The summed E-state index contributed by atoms with van der Waals surface area (Å²) in [7, 11) is 2.96. The summed E-state index contributed by atoms with van der Waals surface area (Å²) in [5.74, 6) is 0.184. The monoisotopic (exact) mass is 388 g/mol. The van der Waals surface area contributed by atoms with Crippen LogP contribution in [0.25, 0.3) is 21.8 Å². The molecular weight excluding hydrogens is 368 g/mol. The highest BCUT2D eigenvalue weighted by atomic mass is 16.5. The van der Waals surface area contributed by atoms with Crippen LogP contribution in [0, 0.1) is 0 Å². The fourth-order valence-corrected chi connectivity index (χ4v) is 3.41. The van der Waals surface area contributed by atoms with Crippen LogP contribution in [0.15, 0.2) is 60.7 Å². The summed E-state index contributed by atoms with van der Waals surface area (Å²) < 4.78 is 9.99. The molecule has 1 heterocycles. The van der Waals surface area contributed by atoms with E-state index in [0.717, 1.165) is 33.1 Å². The summed E-state index contributed by atoms with van der Waals surface area (Å²) in [4.78, 5) is 27.5. The van der Waals surface area contributed by atoms with E-state index in [1.165, 1.54) is 7.11 Å². The third kappa shape index (κ3) is 3.78. The van der Waals surface area contributed by atoms with Gasteiger partial charge in [0.05, 0.1) is 31.7 Å². The molecule has 0 unspecified atom stereocenters. The zero-order valence-electron chi connectivity index (χ0n) is 16.1. The largest absolute Gasteiger partial charge is 0.497 e. The molecule has 4 rings (SSSR count). The second-order valence-electron chi connectivity index (χ2n) is 6.71. The van der Waals surface area contributed by atoms with Gasteiger partial charge in [0.1, 0.15) is 5.75 Å². The highest BCUT2D eigenvalue weighted by Crippen LogP contribution is 2.29. The Balaban J connectivity index is 1.53. The lowest BCUT2D eigenvalue weighted by atomic mass is 10.1. The van der Waals surface area contributed by atoms with Crippen molar-refractivity contribution < 1.29 is 19.1 Å². The highest BCUT2D eigenvalue weighted by molar-refractivity contribution is 6.08. The molecule has 146 valence electrons. The number of carbonyl (C=O) groups excluding carboxylic acids is 2. The number of benzene rings is 3. The van der Waals surface area contributed by atoms with Crippen LogP contribution in [0.1, 0.15) is 15.9 Å². The van der Waals surface area contributed by atoms with E-state index in [4.69, 9.17) is 9.47 Å². The Hall–Kier alpha value is -3.80. The van der Waals surface area contributed by atoms with E-state index in [-0.39, 0.29) is 12.3 Å². The number of ether oxygens (including phenoxy) is 2. The summed E-state index contributed by atoms with van der Waals surface area (Å²) in [6.07, 6.45) is 0.219. The highest BCUT2D eigenvalue weighted by Gasteiger charge is 2.10. The van der Waals surface area contributed by atoms with Crippen LogP contribution in [0.4, 0.5) is 5.69 Å². The molecule has 0 aliphatic heterocycles. The first-order valence-electron chi connectivity index (χ1n) is 9.14. The van der Waals surface area contributed by atoms with Gasteiger partial charge < -0.3 is 19.8 Å². The van der Waals surface area contributed by atoms with Gasteiger partial charge in [0.15, 0.2) is 0 Å². The summed E-state index contributed by atoms with van der Waals surface area (Å²) in [5.41, 5.74) is 3.78. The van der Waals surface area contributed by atoms with E-state index in [0.29, 0.717) is 11.3 Å². The van der Waals surface area contributed by atoms with Gasteiger partial charge in [-0.2, -0.15) is 0 Å². The van der Waals surface area contributed by atoms with Gasteiger partial charge in [-0.1, -0.05) is 18.2 Å². The van der Waals surface area contributed by atoms with E-state index in [2.05, 4.69) is 10.3 Å². The Kier molecular flexibility index (Phi) is 4.91. The number of aromatic amines is 1. The van der Waals surface area contributed by atoms with E-state index in [9.17, 15) is 9.59 Å². The third-order valence-electron chi connectivity index (χ3n) is 4.80. The average molecular weight is 388 g/mol. The molecule has 1 aromatic heterocycles. The summed E-state index contributed by atoms with van der Waals surface area (Å²) in [6, 6.07) is 18.5.